The Bertz CT molecular complexity index is 545. The molecule has 8 heteroatoms. The number of hydrogen-bond donors (Lipinski definition) is 2. The Morgan fingerprint density at radius 2 is 1.74 bits per heavy atom. The quantitative estimate of drug-likeness (QED) is 0.685. The van der Waals surface area contributed by atoms with E-state index in [2.05, 4.69) is 10.6 Å². The van der Waals surface area contributed by atoms with Crippen LogP contribution < -0.4 is 15.4 Å². The molecule has 0 atom stereocenters. The van der Waals surface area contributed by atoms with Gasteiger partial charge in [0, 0.05) is 11.1 Å². The van der Waals surface area contributed by atoms with Crippen LogP contribution in [-0.2, 0) is 19.1 Å². The smallest absolute Gasteiger partial charge is 0.344 e. The number of hydrogen-bond acceptors (Lipinski definition) is 5. The molecule has 1 rings (SSSR count). The van der Waals surface area contributed by atoms with E-state index >= 15 is 0 Å². The number of benzene rings is 1. The van der Waals surface area contributed by atoms with Crippen LogP contribution in [0.1, 0.15) is 13.8 Å². The second-order valence-corrected chi connectivity index (χ2v) is 5.34. The molecule has 1 aromatic carbocycles. The van der Waals surface area contributed by atoms with Crippen molar-refractivity contribution in [1.29, 1.82) is 0 Å². The fourth-order valence-corrected chi connectivity index (χ4v) is 1.59. The van der Waals surface area contributed by atoms with Gasteiger partial charge in [-0.15, -0.1) is 0 Å². The van der Waals surface area contributed by atoms with Gasteiger partial charge in [0.25, 0.3) is 5.91 Å². The van der Waals surface area contributed by atoms with Gasteiger partial charge in [0.1, 0.15) is 5.75 Å². The summed E-state index contributed by atoms with van der Waals surface area (Å²) in [5.41, 5.74) is 0. The average Bonchev–Trinajstić information content (AvgIpc) is 2.49. The molecule has 0 radical (unpaired) electrons. The first kappa shape index (κ1) is 18.8. The topological polar surface area (TPSA) is 93.7 Å². The van der Waals surface area contributed by atoms with Crippen LogP contribution in [0, 0.1) is 0 Å². The fraction of sp³-hybridized carbons (Fsp3) is 0.400. The van der Waals surface area contributed by atoms with E-state index in [4.69, 9.17) is 21.1 Å². The van der Waals surface area contributed by atoms with Crippen molar-refractivity contribution in [1.82, 2.24) is 10.6 Å². The van der Waals surface area contributed by atoms with Crippen LogP contribution in [0.2, 0.25) is 5.02 Å². The molecular weight excluding hydrogens is 324 g/mol. The van der Waals surface area contributed by atoms with Gasteiger partial charge in [-0.2, -0.15) is 0 Å². The van der Waals surface area contributed by atoms with Gasteiger partial charge in [0.2, 0.25) is 5.91 Å². The molecule has 126 valence electrons. The second kappa shape index (κ2) is 9.68. The maximum atomic E-state index is 11.4. The highest BCUT2D eigenvalue weighted by Gasteiger charge is 2.10. The number of halogens is 1. The highest BCUT2D eigenvalue weighted by molar-refractivity contribution is 6.30. The largest absolute Gasteiger partial charge is 0.482 e. The molecule has 0 heterocycles. The number of carbonyl (C=O) groups excluding carboxylic acids is 3. The van der Waals surface area contributed by atoms with Crippen molar-refractivity contribution in [2.45, 2.75) is 19.9 Å². The predicted octanol–water partition coefficient (Wildman–Crippen LogP) is 0.903. The van der Waals surface area contributed by atoms with E-state index in [-0.39, 0.29) is 25.1 Å². The lowest BCUT2D eigenvalue weighted by atomic mass is 10.3. The van der Waals surface area contributed by atoms with Gasteiger partial charge in [-0.1, -0.05) is 11.6 Å². The molecule has 2 N–H and O–H groups in total. The van der Waals surface area contributed by atoms with Crippen molar-refractivity contribution in [3.8, 4) is 5.75 Å². The van der Waals surface area contributed by atoms with Crippen molar-refractivity contribution in [2.75, 3.05) is 19.8 Å². The SMILES string of the molecule is CC(C)NC(=O)CNC(=O)COC(=O)COc1ccc(Cl)cc1. The van der Waals surface area contributed by atoms with Gasteiger partial charge in [-0.3, -0.25) is 9.59 Å². The zero-order chi connectivity index (χ0) is 17.2. The Labute approximate surface area is 139 Å². The molecule has 0 aliphatic heterocycles. The summed E-state index contributed by atoms with van der Waals surface area (Å²) in [6, 6.07) is 6.45. The molecule has 0 saturated heterocycles. The Kier molecular flexibility index (Phi) is 7.90. The van der Waals surface area contributed by atoms with Crippen LogP contribution in [-0.4, -0.2) is 43.6 Å². The lowest BCUT2D eigenvalue weighted by Crippen LogP contribution is -2.41. The Balaban J connectivity index is 2.18. The molecule has 0 unspecified atom stereocenters. The van der Waals surface area contributed by atoms with E-state index in [0.717, 1.165) is 0 Å². The summed E-state index contributed by atoms with van der Waals surface area (Å²) in [5, 5.41) is 5.51. The summed E-state index contributed by atoms with van der Waals surface area (Å²) in [7, 11) is 0. The molecule has 0 aliphatic carbocycles. The van der Waals surface area contributed by atoms with Crippen molar-refractivity contribution in [2.24, 2.45) is 0 Å². The summed E-state index contributed by atoms with van der Waals surface area (Å²) >= 11 is 5.72. The molecule has 0 aromatic heterocycles. The van der Waals surface area contributed by atoms with Gasteiger partial charge >= 0.3 is 5.97 Å². The summed E-state index contributed by atoms with van der Waals surface area (Å²) in [6.45, 7) is 2.64. The third-order valence-corrected chi connectivity index (χ3v) is 2.68. The number of carbonyl (C=O) groups is 3. The molecule has 0 bridgehead atoms. The number of rotatable bonds is 8. The summed E-state index contributed by atoms with van der Waals surface area (Å²) < 4.78 is 9.90. The third kappa shape index (κ3) is 8.67. The highest BCUT2D eigenvalue weighted by Crippen LogP contribution is 2.15. The number of ether oxygens (including phenoxy) is 2. The van der Waals surface area contributed by atoms with Gasteiger partial charge in [0.15, 0.2) is 13.2 Å². The van der Waals surface area contributed by atoms with Crippen LogP contribution in [0.3, 0.4) is 0 Å². The predicted molar refractivity (Wildman–Crippen MR) is 84.2 cm³/mol. The van der Waals surface area contributed by atoms with Gasteiger partial charge in [-0.05, 0) is 38.1 Å². The second-order valence-electron chi connectivity index (χ2n) is 4.90. The van der Waals surface area contributed by atoms with Crippen LogP contribution >= 0.6 is 11.6 Å². The van der Waals surface area contributed by atoms with E-state index < -0.39 is 18.5 Å². The van der Waals surface area contributed by atoms with Crippen molar-refractivity contribution < 1.29 is 23.9 Å². The highest BCUT2D eigenvalue weighted by atomic mass is 35.5. The van der Waals surface area contributed by atoms with Crippen LogP contribution in [0.5, 0.6) is 5.75 Å². The Morgan fingerprint density at radius 3 is 2.35 bits per heavy atom. The van der Waals surface area contributed by atoms with Gasteiger partial charge < -0.3 is 20.1 Å². The van der Waals surface area contributed by atoms with Crippen LogP contribution in [0.15, 0.2) is 24.3 Å². The molecule has 0 fully saturated rings. The maximum Gasteiger partial charge on any atom is 0.344 e. The van der Waals surface area contributed by atoms with Gasteiger partial charge in [-0.25, -0.2) is 4.79 Å². The number of esters is 1. The standard InChI is InChI=1S/C15H19ClN2O5/c1-10(2)18-13(19)7-17-14(20)8-23-15(21)9-22-12-5-3-11(16)4-6-12/h3-6,10H,7-9H2,1-2H3,(H,17,20)(H,18,19). The first-order valence-corrected chi connectivity index (χ1v) is 7.34. The summed E-state index contributed by atoms with van der Waals surface area (Å²) in [5.74, 6) is -1.11. The van der Waals surface area contributed by atoms with E-state index in [1.807, 2.05) is 13.8 Å². The lowest BCUT2D eigenvalue weighted by molar-refractivity contribution is -0.150. The first-order valence-electron chi connectivity index (χ1n) is 6.97. The molecule has 0 saturated carbocycles. The monoisotopic (exact) mass is 342 g/mol. The van der Waals surface area contributed by atoms with E-state index in [1.54, 1.807) is 24.3 Å². The Morgan fingerprint density at radius 1 is 1.09 bits per heavy atom. The minimum Gasteiger partial charge on any atom is -0.482 e. The van der Waals surface area contributed by atoms with Crippen LogP contribution in [0.25, 0.3) is 0 Å². The average molecular weight is 343 g/mol. The summed E-state index contributed by atoms with van der Waals surface area (Å²) in [4.78, 5) is 34.2. The molecule has 23 heavy (non-hydrogen) atoms. The number of nitrogens with one attached hydrogen (secondary N) is 2. The number of amides is 2. The first-order chi connectivity index (χ1) is 10.9. The maximum absolute atomic E-state index is 11.4. The van der Waals surface area contributed by atoms with E-state index in [9.17, 15) is 14.4 Å². The van der Waals surface area contributed by atoms with Crippen molar-refractivity contribution in [3.63, 3.8) is 0 Å². The minimum atomic E-state index is -0.693. The normalized spacial score (nSPS) is 10.1. The van der Waals surface area contributed by atoms with E-state index in [0.29, 0.717) is 10.8 Å². The zero-order valence-corrected chi connectivity index (χ0v) is 13.7. The van der Waals surface area contributed by atoms with E-state index in [1.165, 1.54) is 0 Å². The minimum absolute atomic E-state index is 0.0118. The summed E-state index contributed by atoms with van der Waals surface area (Å²) in [6.07, 6.45) is 0. The molecule has 0 aliphatic rings. The molecule has 0 spiro atoms. The van der Waals surface area contributed by atoms with Crippen molar-refractivity contribution >= 4 is 29.4 Å². The molecule has 2 amide bonds. The molecule has 1 aromatic rings. The molecular formula is C15H19ClN2O5. The zero-order valence-electron chi connectivity index (χ0n) is 12.9. The Hall–Kier alpha value is -2.28. The lowest BCUT2D eigenvalue weighted by Gasteiger charge is -2.10. The van der Waals surface area contributed by atoms with Gasteiger partial charge in [0.05, 0.1) is 6.54 Å². The third-order valence-electron chi connectivity index (χ3n) is 2.43. The molecule has 7 nitrogen and oxygen atoms in total. The van der Waals surface area contributed by atoms with Crippen LogP contribution in [0.4, 0.5) is 0 Å². The van der Waals surface area contributed by atoms with Crippen molar-refractivity contribution in [3.05, 3.63) is 29.3 Å². The fourth-order valence-electron chi connectivity index (χ4n) is 1.46.